The van der Waals surface area contributed by atoms with E-state index in [2.05, 4.69) is 9.64 Å². The standard InChI is InChI=1S/C6H4BNO2/c7-10-6-2-1-3-8-5(6)4-9/h1-4H. The predicted molar refractivity (Wildman–Crippen MR) is 36.0 cm³/mol. The van der Waals surface area contributed by atoms with Crippen molar-refractivity contribution in [2.24, 2.45) is 0 Å². The van der Waals surface area contributed by atoms with E-state index in [0.29, 0.717) is 6.29 Å². The molecule has 0 aliphatic carbocycles. The van der Waals surface area contributed by atoms with Crippen LogP contribution in [0.25, 0.3) is 0 Å². The highest BCUT2D eigenvalue weighted by molar-refractivity contribution is 6.00. The number of aldehydes is 1. The summed E-state index contributed by atoms with van der Waals surface area (Å²) < 4.78 is 4.34. The van der Waals surface area contributed by atoms with Crippen LogP contribution >= 0.6 is 0 Å². The number of hydrogen-bond acceptors (Lipinski definition) is 3. The van der Waals surface area contributed by atoms with Crippen molar-refractivity contribution < 1.29 is 9.45 Å². The molecule has 0 amide bonds. The third-order valence-electron chi connectivity index (χ3n) is 1.04. The van der Waals surface area contributed by atoms with Crippen molar-refractivity contribution in [3.63, 3.8) is 0 Å². The fraction of sp³-hybridized carbons (Fsp3) is 0. The molecular weight excluding hydrogens is 129 g/mol. The number of rotatable bonds is 2. The van der Waals surface area contributed by atoms with Crippen LogP contribution in [-0.4, -0.2) is 19.3 Å². The fourth-order valence-corrected chi connectivity index (χ4v) is 0.591. The van der Waals surface area contributed by atoms with Crippen molar-refractivity contribution in [2.75, 3.05) is 0 Å². The van der Waals surface area contributed by atoms with E-state index >= 15 is 0 Å². The zero-order chi connectivity index (χ0) is 7.40. The maximum absolute atomic E-state index is 10.2. The van der Waals surface area contributed by atoms with Crippen molar-refractivity contribution in [3.05, 3.63) is 24.0 Å². The number of carbonyl (C=O) groups excluding carboxylic acids is 1. The van der Waals surface area contributed by atoms with Crippen LogP contribution in [0.3, 0.4) is 0 Å². The Hall–Kier alpha value is -1.32. The normalized spacial score (nSPS) is 8.80. The van der Waals surface area contributed by atoms with Crippen LogP contribution < -0.4 is 4.65 Å². The van der Waals surface area contributed by atoms with Crippen LogP contribution in [0.5, 0.6) is 5.75 Å². The Morgan fingerprint density at radius 2 is 2.50 bits per heavy atom. The topological polar surface area (TPSA) is 39.2 Å². The lowest BCUT2D eigenvalue weighted by atomic mass is 10.3. The molecule has 0 fully saturated rings. The van der Waals surface area contributed by atoms with Gasteiger partial charge in [0.25, 0.3) is 0 Å². The quantitative estimate of drug-likeness (QED) is 0.431. The first-order valence-electron chi connectivity index (χ1n) is 2.65. The number of nitrogens with zero attached hydrogens (tertiary/aromatic N) is 1. The molecule has 2 radical (unpaired) electrons. The number of aromatic nitrogens is 1. The van der Waals surface area contributed by atoms with Gasteiger partial charge in [0.15, 0.2) is 6.29 Å². The number of hydrogen-bond donors (Lipinski definition) is 0. The molecule has 10 heavy (non-hydrogen) atoms. The zero-order valence-electron chi connectivity index (χ0n) is 5.15. The molecule has 0 aliphatic rings. The largest absolute Gasteiger partial charge is 0.566 e. The zero-order valence-corrected chi connectivity index (χ0v) is 5.15. The molecule has 0 atom stereocenters. The monoisotopic (exact) mass is 133 g/mol. The first-order valence-corrected chi connectivity index (χ1v) is 2.65. The number of carbonyl (C=O) groups is 1. The second-order valence-corrected chi connectivity index (χ2v) is 1.62. The van der Waals surface area contributed by atoms with Crippen LogP contribution in [0.4, 0.5) is 0 Å². The van der Waals surface area contributed by atoms with Crippen molar-refractivity contribution >= 4 is 14.3 Å². The third kappa shape index (κ3) is 1.15. The number of pyridine rings is 1. The average molecular weight is 133 g/mol. The smallest absolute Gasteiger partial charge is 0.374 e. The molecule has 1 aromatic heterocycles. The average Bonchev–Trinajstić information content (AvgIpc) is 2.04. The molecule has 0 saturated carbocycles. The highest BCUT2D eigenvalue weighted by Gasteiger charge is 1.97. The molecule has 1 rings (SSSR count). The lowest BCUT2D eigenvalue weighted by molar-refractivity contribution is 0.111. The molecule has 0 aromatic carbocycles. The van der Waals surface area contributed by atoms with Gasteiger partial charge in [-0.1, -0.05) is 0 Å². The van der Waals surface area contributed by atoms with E-state index in [1.165, 1.54) is 6.20 Å². The van der Waals surface area contributed by atoms with Gasteiger partial charge in [0.05, 0.1) is 0 Å². The van der Waals surface area contributed by atoms with Gasteiger partial charge in [0.1, 0.15) is 11.4 Å². The van der Waals surface area contributed by atoms with Gasteiger partial charge in [-0.05, 0) is 12.1 Å². The Morgan fingerprint density at radius 1 is 1.70 bits per heavy atom. The molecule has 4 heteroatoms. The van der Waals surface area contributed by atoms with Crippen LogP contribution in [0, 0.1) is 0 Å². The summed E-state index contributed by atoms with van der Waals surface area (Å²) in [6.07, 6.45) is 2.08. The molecule has 0 N–H and O–H groups in total. The molecule has 0 unspecified atom stereocenters. The molecule has 48 valence electrons. The first-order chi connectivity index (χ1) is 4.88. The van der Waals surface area contributed by atoms with E-state index in [9.17, 15) is 4.79 Å². The molecule has 0 bridgehead atoms. The summed E-state index contributed by atoms with van der Waals surface area (Å²) in [7, 11) is 4.83. The summed E-state index contributed by atoms with van der Waals surface area (Å²) in [5.74, 6) is 0.289. The van der Waals surface area contributed by atoms with Gasteiger partial charge in [-0.2, -0.15) is 0 Å². The third-order valence-corrected chi connectivity index (χ3v) is 1.04. The van der Waals surface area contributed by atoms with Crippen LogP contribution in [-0.2, 0) is 0 Å². The van der Waals surface area contributed by atoms with Crippen molar-refractivity contribution in [1.82, 2.24) is 4.98 Å². The van der Waals surface area contributed by atoms with Crippen molar-refractivity contribution in [3.8, 4) is 5.75 Å². The molecule has 0 aliphatic heterocycles. The molecular formula is C6H4BNO2. The summed E-state index contributed by atoms with van der Waals surface area (Å²) in [4.78, 5) is 13.9. The van der Waals surface area contributed by atoms with E-state index < -0.39 is 0 Å². The summed E-state index contributed by atoms with van der Waals surface area (Å²) in [5.41, 5.74) is 0.213. The van der Waals surface area contributed by atoms with E-state index in [1.807, 2.05) is 0 Å². The fourth-order valence-electron chi connectivity index (χ4n) is 0.591. The van der Waals surface area contributed by atoms with Gasteiger partial charge in [0.2, 0.25) is 0 Å². The molecule has 0 spiro atoms. The Morgan fingerprint density at radius 3 is 3.00 bits per heavy atom. The van der Waals surface area contributed by atoms with Gasteiger partial charge < -0.3 is 4.65 Å². The Balaban J connectivity index is 3.08. The Bertz CT molecular complexity index is 239. The van der Waals surface area contributed by atoms with Crippen molar-refractivity contribution in [1.29, 1.82) is 0 Å². The van der Waals surface area contributed by atoms with E-state index in [0.717, 1.165) is 0 Å². The maximum Gasteiger partial charge on any atom is 0.374 e. The lowest BCUT2D eigenvalue weighted by Crippen LogP contribution is -1.93. The summed E-state index contributed by atoms with van der Waals surface area (Å²) >= 11 is 0. The minimum absolute atomic E-state index is 0.213. The van der Waals surface area contributed by atoms with E-state index in [4.69, 9.17) is 8.05 Å². The van der Waals surface area contributed by atoms with E-state index in [-0.39, 0.29) is 11.4 Å². The summed E-state index contributed by atoms with van der Waals surface area (Å²) in [6.45, 7) is 0. The SMILES string of the molecule is [B]Oc1cccnc1C=O. The Labute approximate surface area is 59.5 Å². The van der Waals surface area contributed by atoms with Gasteiger partial charge >= 0.3 is 8.05 Å². The van der Waals surface area contributed by atoms with Crippen LogP contribution in [0.1, 0.15) is 10.5 Å². The van der Waals surface area contributed by atoms with Gasteiger partial charge in [-0.25, -0.2) is 4.98 Å². The summed E-state index contributed by atoms with van der Waals surface area (Å²) in [5, 5.41) is 0. The van der Waals surface area contributed by atoms with Gasteiger partial charge in [-0.15, -0.1) is 0 Å². The second-order valence-electron chi connectivity index (χ2n) is 1.62. The minimum atomic E-state index is 0.213. The maximum atomic E-state index is 10.2. The van der Waals surface area contributed by atoms with Crippen LogP contribution in [0.2, 0.25) is 0 Å². The highest BCUT2D eigenvalue weighted by Crippen LogP contribution is 2.10. The predicted octanol–water partition coefficient (Wildman–Crippen LogP) is 0.356. The molecule has 1 aromatic rings. The van der Waals surface area contributed by atoms with Crippen molar-refractivity contribution in [2.45, 2.75) is 0 Å². The molecule has 0 saturated heterocycles. The minimum Gasteiger partial charge on any atom is -0.566 e. The highest BCUT2D eigenvalue weighted by atomic mass is 16.4. The van der Waals surface area contributed by atoms with Gasteiger partial charge in [0, 0.05) is 6.20 Å². The summed E-state index contributed by atoms with van der Waals surface area (Å²) in [6, 6.07) is 3.20. The van der Waals surface area contributed by atoms with Crippen LogP contribution in [0.15, 0.2) is 18.3 Å². The lowest BCUT2D eigenvalue weighted by Gasteiger charge is -1.99. The Kier molecular flexibility index (Phi) is 2.05. The van der Waals surface area contributed by atoms with Gasteiger partial charge in [-0.3, -0.25) is 4.79 Å². The molecule has 1 heterocycles. The van der Waals surface area contributed by atoms with E-state index in [1.54, 1.807) is 12.1 Å². The second kappa shape index (κ2) is 3.01. The first kappa shape index (κ1) is 6.80. The molecule has 3 nitrogen and oxygen atoms in total.